The Bertz CT molecular complexity index is 465. The van der Waals surface area contributed by atoms with Crippen LogP contribution in [-0.2, 0) is 0 Å². The molecular weight excluding hydrogens is 202 g/mol. The standard InChI is InChI=1S/C10H6ClNO2/c11-9-3-8(4-12-5-9)10-7(6-13)1-2-14-10/h1-6H. The molecule has 70 valence electrons. The molecule has 0 aliphatic rings. The van der Waals surface area contributed by atoms with E-state index in [2.05, 4.69) is 4.98 Å². The highest BCUT2D eigenvalue weighted by atomic mass is 35.5. The Morgan fingerprint density at radius 1 is 1.43 bits per heavy atom. The second-order valence-corrected chi connectivity index (χ2v) is 3.15. The zero-order valence-corrected chi connectivity index (χ0v) is 7.86. The Hall–Kier alpha value is -1.61. The van der Waals surface area contributed by atoms with E-state index in [0.29, 0.717) is 21.9 Å². The van der Waals surface area contributed by atoms with Crippen LogP contribution in [0.15, 0.2) is 35.2 Å². The van der Waals surface area contributed by atoms with E-state index in [0.717, 1.165) is 6.29 Å². The molecule has 2 rings (SSSR count). The van der Waals surface area contributed by atoms with E-state index in [1.54, 1.807) is 18.3 Å². The fourth-order valence-corrected chi connectivity index (χ4v) is 1.36. The molecule has 0 radical (unpaired) electrons. The first-order valence-electron chi connectivity index (χ1n) is 3.95. The van der Waals surface area contributed by atoms with Crippen LogP contribution in [0.25, 0.3) is 11.3 Å². The molecule has 0 spiro atoms. The summed E-state index contributed by atoms with van der Waals surface area (Å²) in [6.45, 7) is 0. The van der Waals surface area contributed by atoms with E-state index in [1.807, 2.05) is 0 Å². The van der Waals surface area contributed by atoms with Crippen molar-refractivity contribution in [2.24, 2.45) is 0 Å². The Morgan fingerprint density at radius 2 is 2.29 bits per heavy atom. The predicted octanol–water partition coefficient (Wildman–Crippen LogP) is 2.81. The lowest BCUT2D eigenvalue weighted by atomic mass is 10.1. The maximum Gasteiger partial charge on any atom is 0.153 e. The lowest BCUT2D eigenvalue weighted by molar-refractivity contribution is 0.112. The Balaban J connectivity index is 2.54. The van der Waals surface area contributed by atoms with Gasteiger partial charge >= 0.3 is 0 Å². The topological polar surface area (TPSA) is 43.1 Å². The molecule has 0 unspecified atom stereocenters. The lowest BCUT2D eigenvalue weighted by Gasteiger charge is -1.97. The molecule has 0 bridgehead atoms. The fraction of sp³-hybridized carbons (Fsp3) is 0. The monoisotopic (exact) mass is 207 g/mol. The summed E-state index contributed by atoms with van der Waals surface area (Å²) >= 11 is 5.76. The number of aldehydes is 1. The number of rotatable bonds is 2. The summed E-state index contributed by atoms with van der Waals surface area (Å²) in [6.07, 6.45) is 5.31. The van der Waals surface area contributed by atoms with Crippen molar-refractivity contribution in [3.8, 4) is 11.3 Å². The molecule has 2 aromatic heterocycles. The molecule has 0 aliphatic heterocycles. The number of pyridine rings is 1. The maximum absolute atomic E-state index is 10.6. The molecule has 0 N–H and O–H groups in total. The van der Waals surface area contributed by atoms with Crippen molar-refractivity contribution in [3.05, 3.63) is 41.4 Å². The van der Waals surface area contributed by atoms with Crippen LogP contribution in [0.4, 0.5) is 0 Å². The molecule has 14 heavy (non-hydrogen) atoms. The van der Waals surface area contributed by atoms with Crippen molar-refractivity contribution < 1.29 is 9.21 Å². The third kappa shape index (κ3) is 1.54. The van der Waals surface area contributed by atoms with Gasteiger partial charge in [0, 0.05) is 18.0 Å². The molecule has 0 aromatic carbocycles. The Kier molecular flexibility index (Phi) is 2.33. The minimum Gasteiger partial charge on any atom is -0.464 e. The lowest BCUT2D eigenvalue weighted by Crippen LogP contribution is -1.82. The van der Waals surface area contributed by atoms with E-state index in [-0.39, 0.29) is 0 Å². The van der Waals surface area contributed by atoms with Gasteiger partial charge in [0.1, 0.15) is 5.76 Å². The largest absolute Gasteiger partial charge is 0.464 e. The van der Waals surface area contributed by atoms with Crippen LogP contribution in [0.1, 0.15) is 10.4 Å². The van der Waals surface area contributed by atoms with Crippen LogP contribution >= 0.6 is 11.6 Å². The summed E-state index contributed by atoms with van der Waals surface area (Å²) in [6, 6.07) is 3.30. The molecule has 0 atom stereocenters. The van der Waals surface area contributed by atoms with Crippen LogP contribution < -0.4 is 0 Å². The highest BCUT2D eigenvalue weighted by Gasteiger charge is 2.08. The average molecular weight is 208 g/mol. The van der Waals surface area contributed by atoms with Gasteiger partial charge in [-0.25, -0.2) is 0 Å². The van der Waals surface area contributed by atoms with Crippen molar-refractivity contribution in [3.63, 3.8) is 0 Å². The third-order valence-corrected chi connectivity index (χ3v) is 2.00. The molecule has 0 amide bonds. The number of halogens is 1. The summed E-state index contributed by atoms with van der Waals surface area (Å²) in [5, 5.41) is 0.510. The second-order valence-electron chi connectivity index (χ2n) is 2.71. The van der Waals surface area contributed by atoms with Crippen molar-refractivity contribution >= 4 is 17.9 Å². The smallest absolute Gasteiger partial charge is 0.153 e. The molecule has 2 heterocycles. The van der Waals surface area contributed by atoms with Gasteiger partial charge in [-0.15, -0.1) is 0 Å². The van der Waals surface area contributed by atoms with Crippen molar-refractivity contribution in [1.29, 1.82) is 0 Å². The quantitative estimate of drug-likeness (QED) is 0.712. The molecule has 0 fully saturated rings. The number of carbonyl (C=O) groups is 1. The summed E-state index contributed by atoms with van der Waals surface area (Å²) in [5.41, 5.74) is 1.19. The summed E-state index contributed by atoms with van der Waals surface area (Å²) in [7, 11) is 0. The molecule has 0 saturated carbocycles. The number of furan rings is 1. The predicted molar refractivity (Wildman–Crippen MR) is 52.3 cm³/mol. The summed E-state index contributed by atoms with van der Waals surface area (Å²) in [4.78, 5) is 14.5. The first-order valence-corrected chi connectivity index (χ1v) is 4.32. The van der Waals surface area contributed by atoms with E-state index in [1.165, 1.54) is 12.5 Å². The highest BCUT2D eigenvalue weighted by Crippen LogP contribution is 2.24. The minimum atomic E-state index is 0.495. The normalized spacial score (nSPS) is 10.1. The average Bonchev–Trinajstić information content (AvgIpc) is 2.65. The van der Waals surface area contributed by atoms with Crippen molar-refractivity contribution in [2.75, 3.05) is 0 Å². The molecule has 4 heteroatoms. The number of carbonyl (C=O) groups excluding carboxylic acids is 1. The second kappa shape index (κ2) is 3.64. The SMILES string of the molecule is O=Cc1ccoc1-c1cncc(Cl)c1. The molecule has 0 saturated heterocycles. The van der Waals surface area contributed by atoms with Crippen LogP contribution in [0.5, 0.6) is 0 Å². The number of hydrogen-bond donors (Lipinski definition) is 0. The first-order chi connectivity index (χ1) is 6.81. The molecule has 2 aromatic rings. The van der Waals surface area contributed by atoms with Crippen LogP contribution in [0, 0.1) is 0 Å². The van der Waals surface area contributed by atoms with Gasteiger partial charge in [-0.3, -0.25) is 9.78 Å². The van der Waals surface area contributed by atoms with E-state index >= 15 is 0 Å². The van der Waals surface area contributed by atoms with Gasteiger partial charge in [0.15, 0.2) is 6.29 Å². The molecule has 3 nitrogen and oxygen atoms in total. The Morgan fingerprint density at radius 3 is 3.00 bits per heavy atom. The van der Waals surface area contributed by atoms with Gasteiger partial charge in [0.25, 0.3) is 0 Å². The number of aromatic nitrogens is 1. The van der Waals surface area contributed by atoms with E-state index in [4.69, 9.17) is 16.0 Å². The van der Waals surface area contributed by atoms with Gasteiger partial charge < -0.3 is 4.42 Å². The van der Waals surface area contributed by atoms with E-state index in [9.17, 15) is 4.79 Å². The van der Waals surface area contributed by atoms with Gasteiger partial charge in [-0.1, -0.05) is 11.6 Å². The Labute approximate surface area is 85.3 Å². The number of nitrogens with zero attached hydrogens (tertiary/aromatic N) is 1. The summed E-state index contributed by atoms with van der Waals surface area (Å²) < 4.78 is 5.17. The number of hydrogen-bond acceptors (Lipinski definition) is 3. The van der Waals surface area contributed by atoms with Crippen LogP contribution in [0.3, 0.4) is 0 Å². The minimum absolute atomic E-state index is 0.495. The van der Waals surface area contributed by atoms with Crippen LogP contribution in [-0.4, -0.2) is 11.3 Å². The van der Waals surface area contributed by atoms with Gasteiger partial charge in [-0.05, 0) is 12.1 Å². The first kappa shape index (κ1) is 8.97. The molecular formula is C10H6ClNO2. The maximum atomic E-state index is 10.6. The molecule has 0 aliphatic carbocycles. The zero-order valence-electron chi connectivity index (χ0n) is 7.11. The fourth-order valence-electron chi connectivity index (χ4n) is 1.18. The summed E-state index contributed by atoms with van der Waals surface area (Å²) in [5.74, 6) is 0.495. The highest BCUT2D eigenvalue weighted by molar-refractivity contribution is 6.30. The zero-order chi connectivity index (χ0) is 9.97. The van der Waals surface area contributed by atoms with Gasteiger partial charge in [0.2, 0.25) is 0 Å². The van der Waals surface area contributed by atoms with Crippen molar-refractivity contribution in [1.82, 2.24) is 4.98 Å². The van der Waals surface area contributed by atoms with Gasteiger partial charge in [-0.2, -0.15) is 0 Å². The van der Waals surface area contributed by atoms with E-state index < -0.39 is 0 Å². The van der Waals surface area contributed by atoms with Gasteiger partial charge in [0.05, 0.1) is 16.8 Å². The van der Waals surface area contributed by atoms with Crippen molar-refractivity contribution in [2.45, 2.75) is 0 Å². The third-order valence-electron chi connectivity index (χ3n) is 1.79. The van der Waals surface area contributed by atoms with Crippen LogP contribution in [0.2, 0.25) is 5.02 Å².